The van der Waals surface area contributed by atoms with Crippen LogP contribution in [-0.2, 0) is 20.1 Å². The Balaban J connectivity index is 1.68. The van der Waals surface area contributed by atoms with Crippen molar-refractivity contribution in [3.05, 3.63) is 53.9 Å². The number of nitrogens with zero attached hydrogens (tertiary/aromatic N) is 3. The molecule has 0 unspecified atom stereocenters. The number of aromatic nitrogens is 3. The predicted molar refractivity (Wildman–Crippen MR) is 116 cm³/mol. The Hall–Kier alpha value is -3.28. The van der Waals surface area contributed by atoms with Gasteiger partial charge in [0, 0.05) is 18.9 Å². The van der Waals surface area contributed by atoms with Crippen molar-refractivity contribution in [3.8, 4) is 11.5 Å². The lowest BCUT2D eigenvalue weighted by atomic mass is 10.1. The molecule has 2 N–H and O–H groups in total. The Morgan fingerprint density at radius 2 is 1.79 bits per heavy atom. The van der Waals surface area contributed by atoms with Crippen LogP contribution in [-0.4, -0.2) is 21.6 Å². The summed E-state index contributed by atoms with van der Waals surface area (Å²) in [5.74, 6) is 3.13. The molecule has 0 saturated heterocycles. The van der Waals surface area contributed by atoms with E-state index in [1.54, 1.807) is 7.11 Å². The number of imidazole rings is 1. The van der Waals surface area contributed by atoms with E-state index >= 15 is 0 Å². The fourth-order valence-corrected chi connectivity index (χ4v) is 3.55. The van der Waals surface area contributed by atoms with Crippen LogP contribution in [0.2, 0.25) is 0 Å². The molecule has 0 fully saturated rings. The molecule has 2 aromatic heterocycles. The molecule has 2 heterocycles. The van der Waals surface area contributed by atoms with Gasteiger partial charge in [-0.3, -0.25) is 0 Å². The van der Waals surface area contributed by atoms with Crippen molar-refractivity contribution < 1.29 is 9.47 Å². The zero-order valence-electron chi connectivity index (χ0n) is 17.1. The minimum Gasteiger partial charge on any atom is -0.497 e. The monoisotopic (exact) mass is 390 g/mol. The van der Waals surface area contributed by atoms with Gasteiger partial charge in [0.25, 0.3) is 0 Å². The molecule has 0 aliphatic heterocycles. The van der Waals surface area contributed by atoms with Crippen molar-refractivity contribution >= 4 is 27.8 Å². The molecule has 0 bridgehead atoms. The van der Waals surface area contributed by atoms with Gasteiger partial charge < -0.3 is 19.8 Å². The molecule has 29 heavy (non-hydrogen) atoms. The molecular weight excluding hydrogens is 364 g/mol. The summed E-state index contributed by atoms with van der Waals surface area (Å²) in [7, 11) is 3.71. The Labute approximate surface area is 170 Å². The highest BCUT2D eigenvalue weighted by atomic mass is 16.5. The molecule has 0 saturated carbocycles. The van der Waals surface area contributed by atoms with E-state index in [2.05, 4.69) is 16.5 Å². The second kappa shape index (κ2) is 7.99. The van der Waals surface area contributed by atoms with Gasteiger partial charge in [-0.1, -0.05) is 25.5 Å². The summed E-state index contributed by atoms with van der Waals surface area (Å²) in [5, 5.41) is 0.999. The second-order valence-electron chi connectivity index (χ2n) is 7.20. The number of anilines is 1. The van der Waals surface area contributed by atoms with E-state index in [-0.39, 0.29) is 0 Å². The Morgan fingerprint density at radius 3 is 2.52 bits per heavy atom. The highest BCUT2D eigenvalue weighted by Gasteiger charge is 2.15. The fraction of sp³-hybridized carbons (Fsp3) is 0.304. The SMILES string of the molecule is CCCCc1nc2c(N)nc3ccc(OCc4ccc(OC)cc4)cc3c2n1C. The van der Waals surface area contributed by atoms with Crippen LogP contribution in [0.1, 0.15) is 31.2 Å². The Kier molecular flexibility index (Phi) is 5.25. The molecular formula is C23H26N4O2. The molecule has 0 atom stereocenters. The van der Waals surface area contributed by atoms with Gasteiger partial charge in [-0.05, 0) is 42.3 Å². The van der Waals surface area contributed by atoms with Crippen molar-refractivity contribution in [2.24, 2.45) is 7.05 Å². The van der Waals surface area contributed by atoms with Gasteiger partial charge in [-0.25, -0.2) is 9.97 Å². The highest BCUT2D eigenvalue weighted by Crippen LogP contribution is 2.31. The molecule has 0 spiro atoms. The molecule has 4 aromatic rings. The first-order chi connectivity index (χ1) is 14.1. The largest absolute Gasteiger partial charge is 0.497 e. The van der Waals surface area contributed by atoms with Crippen LogP contribution >= 0.6 is 0 Å². The number of hydrogen-bond donors (Lipinski definition) is 1. The average molecular weight is 390 g/mol. The summed E-state index contributed by atoms with van der Waals surface area (Å²) in [6.07, 6.45) is 3.15. The summed E-state index contributed by atoms with van der Waals surface area (Å²) >= 11 is 0. The van der Waals surface area contributed by atoms with Crippen molar-refractivity contribution in [2.45, 2.75) is 32.8 Å². The number of aryl methyl sites for hydroxylation is 2. The van der Waals surface area contributed by atoms with Crippen molar-refractivity contribution in [1.29, 1.82) is 0 Å². The van der Waals surface area contributed by atoms with E-state index in [9.17, 15) is 0 Å². The van der Waals surface area contributed by atoms with E-state index in [0.29, 0.717) is 12.4 Å². The smallest absolute Gasteiger partial charge is 0.152 e. The molecule has 0 radical (unpaired) electrons. The Bertz CT molecular complexity index is 1150. The lowest BCUT2D eigenvalue weighted by Gasteiger charge is -2.10. The van der Waals surface area contributed by atoms with Crippen LogP contribution in [0.3, 0.4) is 0 Å². The van der Waals surface area contributed by atoms with E-state index < -0.39 is 0 Å². The first-order valence-electron chi connectivity index (χ1n) is 9.91. The van der Waals surface area contributed by atoms with Crippen LogP contribution in [0.15, 0.2) is 42.5 Å². The molecule has 0 amide bonds. The molecule has 6 nitrogen and oxygen atoms in total. The number of nitrogen functional groups attached to an aromatic ring is 1. The maximum Gasteiger partial charge on any atom is 0.152 e. The standard InChI is InChI=1S/C23H26N4O2/c1-4-5-6-20-26-21-22(27(20)2)18-13-17(11-12-19(18)25-23(21)24)29-14-15-7-9-16(28-3)10-8-15/h7-13H,4-6,14H2,1-3H3,(H2,24,25). The van der Waals surface area contributed by atoms with Gasteiger partial charge in [-0.15, -0.1) is 0 Å². The zero-order chi connectivity index (χ0) is 20.4. The predicted octanol–water partition coefficient (Wildman–Crippen LogP) is 4.63. The van der Waals surface area contributed by atoms with Crippen LogP contribution < -0.4 is 15.2 Å². The van der Waals surface area contributed by atoms with Crippen LogP contribution in [0.4, 0.5) is 5.82 Å². The van der Waals surface area contributed by atoms with E-state index in [1.807, 2.05) is 49.5 Å². The van der Waals surface area contributed by atoms with E-state index in [4.69, 9.17) is 20.2 Å². The number of unbranched alkanes of at least 4 members (excludes halogenated alkanes) is 1. The third-order valence-corrected chi connectivity index (χ3v) is 5.21. The number of fused-ring (bicyclic) bond motifs is 3. The Morgan fingerprint density at radius 1 is 1.03 bits per heavy atom. The molecule has 4 rings (SSSR count). The summed E-state index contributed by atoms with van der Waals surface area (Å²) in [6.45, 7) is 2.66. The molecule has 0 aliphatic rings. The number of pyridine rings is 1. The number of rotatable bonds is 7. The summed E-state index contributed by atoms with van der Waals surface area (Å²) in [5.41, 5.74) is 9.89. The first kappa shape index (κ1) is 19.1. The van der Waals surface area contributed by atoms with Gasteiger partial charge in [0.15, 0.2) is 5.82 Å². The molecule has 150 valence electrons. The quantitative estimate of drug-likeness (QED) is 0.498. The minimum atomic E-state index is 0.470. The lowest BCUT2D eigenvalue weighted by Crippen LogP contribution is -1.99. The minimum absolute atomic E-state index is 0.470. The number of benzene rings is 2. The maximum atomic E-state index is 6.20. The van der Waals surface area contributed by atoms with Crippen molar-refractivity contribution in [1.82, 2.24) is 14.5 Å². The number of methoxy groups -OCH3 is 1. The fourth-order valence-electron chi connectivity index (χ4n) is 3.55. The van der Waals surface area contributed by atoms with Gasteiger partial charge >= 0.3 is 0 Å². The van der Waals surface area contributed by atoms with Crippen LogP contribution in [0.25, 0.3) is 21.9 Å². The van der Waals surface area contributed by atoms with E-state index in [1.165, 1.54) is 0 Å². The van der Waals surface area contributed by atoms with Gasteiger partial charge in [-0.2, -0.15) is 0 Å². The van der Waals surface area contributed by atoms with Gasteiger partial charge in [0.1, 0.15) is 29.4 Å². The molecule has 6 heteroatoms. The molecule has 2 aromatic carbocycles. The van der Waals surface area contributed by atoms with Gasteiger partial charge in [0.2, 0.25) is 0 Å². The third kappa shape index (κ3) is 3.70. The van der Waals surface area contributed by atoms with Crippen molar-refractivity contribution in [2.75, 3.05) is 12.8 Å². The number of hydrogen-bond acceptors (Lipinski definition) is 5. The summed E-state index contributed by atoms with van der Waals surface area (Å²) in [6, 6.07) is 13.8. The number of ether oxygens (including phenoxy) is 2. The van der Waals surface area contributed by atoms with Gasteiger partial charge in [0.05, 0.1) is 18.1 Å². The van der Waals surface area contributed by atoms with Crippen molar-refractivity contribution in [3.63, 3.8) is 0 Å². The maximum absolute atomic E-state index is 6.20. The average Bonchev–Trinajstić information content (AvgIpc) is 3.08. The number of nitrogens with two attached hydrogens (primary N) is 1. The summed E-state index contributed by atoms with van der Waals surface area (Å²) < 4.78 is 13.4. The van der Waals surface area contributed by atoms with E-state index in [0.717, 1.165) is 64.1 Å². The lowest BCUT2D eigenvalue weighted by molar-refractivity contribution is 0.306. The summed E-state index contributed by atoms with van der Waals surface area (Å²) in [4.78, 5) is 9.31. The molecule has 0 aliphatic carbocycles. The highest BCUT2D eigenvalue weighted by molar-refractivity contribution is 6.07. The van der Waals surface area contributed by atoms with Crippen LogP contribution in [0.5, 0.6) is 11.5 Å². The second-order valence-corrected chi connectivity index (χ2v) is 7.20. The first-order valence-corrected chi connectivity index (χ1v) is 9.91. The normalized spacial score (nSPS) is 11.3. The van der Waals surface area contributed by atoms with Crippen LogP contribution in [0, 0.1) is 0 Å². The topological polar surface area (TPSA) is 75.2 Å². The zero-order valence-corrected chi connectivity index (χ0v) is 17.1. The third-order valence-electron chi connectivity index (χ3n) is 5.21.